The third-order valence-electron chi connectivity index (χ3n) is 4.17. The number of rotatable bonds is 18. The summed E-state index contributed by atoms with van der Waals surface area (Å²) in [5.74, 6) is 0.0433. The Labute approximate surface area is 167 Å². The molecular weight excluding hydrogens is 334 g/mol. The molecule has 0 heterocycles. The molecule has 0 aromatic heterocycles. The summed E-state index contributed by atoms with van der Waals surface area (Å²) in [6.07, 6.45) is 30.9. The Morgan fingerprint density at radius 2 is 1.26 bits per heavy atom. The third kappa shape index (κ3) is 22.3. The van der Waals surface area contributed by atoms with E-state index in [9.17, 15) is 4.79 Å². The standard InChI is InChI=1S/C24H41NO2/c1-2-3-4-5-6-7-8-9-10-11-12-13-14-15-16-17-18-19-20-21-24(27)25-22-23-26/h6-7,9-10,12-13,15-16,26H,2-5,8,11,14,17-23H2,1H3,(H,25,27)/b7-6?,10-9?,13-12?,16-15-. The number of amides is 1. The molecule has 3 heteroatoms. The molecule has 0 fully saturated rings. The minimum Gasteiger partial charge on any atom is -0.395 e. The van der Waals surface area contributed by atoms with Gasteiger partial charge in [-0.05, 0) is 51.4 Å². The summed E-state index contributed by atoms with van der Waals surface area (Å²) < 4.78 is 0. The zero-order valence-corrected chi connectivity index (χ0v) is 17.4. The van der Waals surface area contributed by atoms with E-state index in [0.717, 1.165) is 44.9 Å². The van der Waals surface area contributed by atoms with E-state index in [2.05, 4.69) is 60.8 Å². The first kappa shape index (κ1) is 25.4. The van der Waals surface area contributed by atoms with Gasteiger partial charge in [-0.2, -0.15) is 0 Å². The molecule has 0 aliphatic heterocycles. The van der Waals surface area contributed by atoms with Gasteiger partial charge in [0.1, 0.15) is 0 Å². The first-order valence-electron chi connectivity index (χ1n) is 10.8. The molecule has 0 saturated carbocycles. The predicted molar refractivity (Wildman–Crippen MR) is 118 cm³/mol. The zero-order valence-electron chi connectivity index (χ0n) is 17.4. The van der Waals surface area contributed by atoms with E-state index in [1.807, 2.05) is 0 Å². The average Bonchev–Trinajstić information content (AvgIpc) is 2.68. The maximum Gasteiger partial charge on any atom is 0.220 e. The minimum absolute atomic E-state index is 0.0117. The molecule has 0 aliphatic rings. The monoisotopic (exact) mass is 375 g/mol. The van der Waals surface area contributed by atoms with Crippen molar-refractivity contribution in [1.29, 1.82) is 0 Å². The summed E-state index contributed by atoms with van der Waals surface area (Å²) in [7, 11) is 0. The SMILES string of the molecule is CCCCCC=CCC=CCC=CC/C=C\CCCCCC(=O)NCCO. The number of nitrogens with one attached hydrogen (secondary N) is 1. The predicted octanol–water partition coefficient (Wildman–Crippen LogP) is 6.02. The Kier molecular flexibility index (Phi) is 21.1. The van der Waals surface area contributed by atoms with E-state index >= 15 is 0 Å². The lowest BCUT2D eigenvalue weighted by molar-refractivity contribution is -0.121. The van der Waals surface area contributed by atoms with Gasteiger partial charge < -0.3 is 10.4 Å². The Bertz CT molecular complexity index is 436. The Morgan fingerprint density at radius 1 is 0.741 bits per heavy atom. The van der Waals surface area contributed by atoms with Crippen LogP contribution in [0.2, 0.25) is 0 Å². The highest BCUT2D eigenvalue weighted by molar-refractivity contribution is 5.75. The molecule has 0 radical (unpaired) electrons. The van der Waals surface area contributed by atoms with Crippen LogP contribution in [-0.2, 0) is 4.79 Å². The van der Waals surface area contributed by atoms with Gasteiger partial charge >= 0.3 is 0 Å². The number of allylic oxidation sites excluding steroid dienone is 8. The van der Waals surface area contributed by atoms with Crippen LogP contribution in [0.4, 0.5) is 0 Å². The van der Waals surface area contributed by atoms with Crippen molar-refractivity contribution in [2.75, 3.05) is 13.2 Å². The second-order valence-corrected chi connectivity index (χ2v) is 6.76. The Hall–Kier alpha value is -1.61. The molecule has 0 aromatic carbocycles. The molecule has 154 valence electrons. The van der Waals surface area contributed by atoms with Crippen LogP contribution in [0.1, 0.15) is 84.0 Å². The Balaban J connectivity index is 3.40. The molecule has 0 unspecified atom stereocenters. The number of hydrogen-bond acceptors (Lipinski definition) is 2. The highest BCUT2D eigenvalue weighted by Crippen LogP contribution is 2.04. The van der Waals surface area contributed by atoms with Gasteiger partial charge in [-0.3, -0.25) is 4.79 Å². The highest BCUT2D eigenvalue weighted by atomic mass is 16.3. The zero-order chi connectivity index (χ0) is 19.8. The molecule has 0 aliphatic carbocycles. The lowest BCUT2D eigenvalue weighted by atomic mass is 10.1. The second kappa shape index (κ2) is 22.4. The van der Waals surface area contributed by atoms with Crippen molar-refractivity contribution in [3.63, 3.8) is 0 Å². The molecule has 2 N–H and O–H groups in total. The fraction of sp³-hybridized carbons (Fsp3) is 0.625. The quantitative estimate of drug-likeness (QED) is 0.227. The van der Waals surface area contributed by atoms with Crippen LogP contribution in [0.3, 0.4) is 0 Å². The lowest BCUT2D eigenvalue weighted by Gasteiger charge is -2.02. The van der Waals surface area contributed by atoms with E-state index in [0.29, 0.717) is 13.0 Å². The number of aliphatic hydroxyl groups is 1. The van der Waals surface area contributed by atoms with Gasteiger partial charge in [0.05, 0.1) is 6.61 Å². The highest BCUT2D eigenvalue weighted by Gasteiger charge is 1.98. The van der Waals surface area contributed by atoms with E-state index < -0.39 is 0 Å². The number of carbonyl (C=O) groups excluding carboxylic acids is 1. The number of unbranched alkanes of at least 4 members (excludes halogenated alkanes) is 6. The van der Waals surface area contributed by atoms with Crippen molar-refractivity contribution in [3.05, 3.63) is 48.6 Å². The summed E-state index contributed by atoms with van der Waals surface area (Å²) in [5.41, 5.74) is 0. The first-order chi connectivity index (χ1) is 13.3. The van der Waals surface area contributed by atoms with E-state index in [1.54, 1.807) is 0 Å². The van der Waals surface area contributed by atoms with Crippen LogP contribution in [0, 0.1) is 0 Å². The number of hydrogen-bond donors (Lipinski definition) is 2. The molecule has 0 saturated heterocycles. The molecule has 0 spiro atoms. The molecule has 0 atom stereocenters. The van der Waals surface area contributed by atoms with Crippen LogP contribution in [0.15, 0.2) is 48.6 Å². The smallest absolute Gasteiger partial charge is 0.220 e. The van der Waals surface area contributed by atoms with Crippen molar-refractivity contribution in [2.45, 2.75) is 84.0 Å². The average molecular weight is 376 g/mol. The molecule has 3 nitrogen and oxygen atoms in total. The van der Waals surface area contributed by atoms with Gasteiger partial charge in [-0.1, -0.05) is 74.8 Å². The molecule has 1 amide bonds. The van der Waals surface area contributed by atoms with Crippen molar-refractivity contribution < 1.29 is 9.90 Å². The molecular formula is C24H41NO2. The lowest BCUT2D eigenvalue weighted by Crippen LogP contribution is -2.25. The summed E-state index contributed by atoms with van der Waals surface area (Å²) in [6, 6.07) is 0. The number of carbonyl (C=O) groups is 1. The Morgan fingerprint density at radius 3 is 1.78 bits per heavy atom. The summed E-state index contributed by atoms with van der Waals surface area (Å²) in [4.78, 5) is 11.3. The minimum atomic E-state index is 0.0117. The van der Waals surface area contributed by atoms with Crippen molar-refractivity contribution in [1.82, 2.24) is 5.32 Å². The third-order valence-corrected chi connectivity index (χ3v) is 4.17. The van der Waals surface area contributed by atoms with Gasteiger partial charge in [-0.25, -0.2) is 0 Å². The maximum absolute atomic E-state index is 11.3. The summed E-state index contributed by atoms with van der Waals surface area (Å²) in [6.45, 7) is 2.61. The van der Waals surface area contributed by atoms with Gasteiger partial charge in [0.2, 0.25) is 5.91 Å². The fourth-order valence-electron chi connectivity index (χ4n) is 2.57. The topological polar surface area (TPSA) is 49.3 Å². The van der Waals surface area contributed by atoms with Crippen LogP contribution < -0.4 is 5.32 Å². The normalized spacial score (nSPS) is 12.2. The molecule has 0 aromatic rings. The van der Waals surface area contributed by atoms with Gasteiger partial charge in [-0.15, -0.1) is 0 Å². The fourth-order valence-corrected chi connectivity index (χ4v) is 2.57. The van der Waals surface area contributed by atoms with Crippen molar-refractivity contribution in [3.8, 4) is 0 Å². The van der Waals surface area contributed by atoms with E-state index in [4.69, 9.17) is 5.11 Å². The maximum atomic E-state index is 11.3. The largest absolute Gasteiger partial charge is 0.395 e. The van der Waals surface area contributed by atoms with Gasteiger partial charge in [0.25, 0.3) is 0 Å². The van der Waals surface area contributed by atoms with Crippen molar-refractivity contribution >= 4 is 5.91 Å². The first-order valence-corrected chi connectivity index (χ1v) is 10.8. The van der Waals surface area contributed by atoms with E-state index in [1.165, 1.54) is 25.7 Å². The molecule has 0 bridgehead atoms. The number of aliphatic hydroxyl groups excluding tert-OH is 1. The molecule has 27 heavy (non-hydrogen) atoms. The summed E-state index contributed by atoms with van der Waals surface area (Å²) >= 11 is 0. The van der Waals surface area contributed by atoms with Crippen molar-refractivity contribution in [2.24, 2.45) is 0 Å². The summed E-state index contributed by atoms with van der Waals surface area (Å²) in [5, 5.41) is 11.3. The van der Waals surface area contributed by atoms with Crippen LogP contribution in [-0.4, -0.2) is 24.2 Å². The van der Waals surface area contributed by atoms with Crippen LogP contribution >= 0.6 is 0 Å². The second-order valence-electron chi connectivity index (χ2n) is 6.76. The van der Waals surface area contributed by atoms with Crippen LogP contribution in [0.25, 0.3) is 0 Å². The van der Waals surface area contributed by atoms with Gasteiger partial charge in [0.15, 0.2) is 0 Å². The van der Waals surface area contributed by atoms with Crippen LogP contribution in [0.5, 0.6) is 0 Å². The van der Waals surface area contributed by atoms with Gasteiger partial charge in [0, 0.05) is 13.0 Å². The molecule has 0 rings (SSSR count). The van der Waals surface area contributed by atoms with E-state index in [-0.39, 0.29) is 12.5 Å².